The highest BCUT2D eigenvalue weighted by Gasteiger charge is 2.22. The number of hydrogen-bond donors (Lipinski definition) is 2. The van der Waals surface area contributed by atoms with Crippen LogP contribution in [0.2, 0.25) is 0 Å². The van der Waals surface area contributed by atoms with Crippen LogP contribution in [0, 0.1) is 0 Å². The first-order valence-electron chi connectivity index (χ1n) is 7.72. The Balaban J connectivity index is 1.62. The zero-order chi connectivity index (χ0) is 13.5. The molecule has 0 radical (unpaired) electrons. The molecule has 5 heteroatoms. The van der Waals surface area contributed by atoms with E-state index < -0.39 is 0 Å². The molecule has 1 unspecified atom stereocenters. The van der Waals surface area contributed by atoms with Crippen molar-refractivity contribution >= 4 is 5.91 Å². The normalized spacial score (nSPS) is 24.1. The van der Waals surface area contributed by atoms with Crippen LogP contribution in [0.25, 0.3) is 0 Å². The van der Waals surface area contributed by atoms with Crippen LogP contribution >= 0.6 is 0 Å². The van der Waals surface area contributed by atoms with Gasteiger partial charge >= 0.3 is 0 Å². The molecular weight excluding hydrogens is 240 g/mol. The average Bonchev–Trinajstić information content (AvgIpc) is 2.48. The summed E-state index contributed by atoms with van der Waals surface area (Å²) in [6.07, 6.45) is 3.99. The molecule has 2 N–H and O–H groups in total. The maximum Gasteiger partial charge on any atom is 0.237 e. The Kier molecular flexibility index (Phi) is 6.07. The molecule has 0 bridgehead atoms. The first kappa shape index (κ1) is 14.8. The zero-order valence-corrected chi connectivity index (χ0v) is 12.2. The molecule has 2 rings (SSSR count). The Morgan fingerprint density at radius 3 is 2.53 bits per heavy atom. The number of nitrogens with zero attached hydrogens (tertiary/aromatic N) is 2. The van der Waals surface area contributed by atoms with E-state index in [1.165, 1.54) is 32.4 Å². The molecule has 110 valence electrons. The van der Waals surface area contributed by atoms with Crippen molar-refractivity contribution in [1.82, 2.24) is 20.4 Å². The molecule has 0 aliphatic carbocycles. The number of carbonyl (C=O) groups is 1. The number of likely N-dealkylation sites (tertiary alicyclic amines) is 1. The van der Waals surface area contributed by atoms with E-state index in [4.69, 9.17) is 0 Å². The van der Waals surface area contributed by atoms with E-state index in [2.05, 4.69) is 20.4 Å². The van der Waals surface area contributed by atoms with Gasteiger partial charge in [-0.1, -0.05) is 6.42 Å². The third kappa shape index (κ3) is 4.75. The molecule has 2 fully saturated rings. The minimum absolute atomic E-state index is 0.00320. The van der Waals surface area contributed by atoms with Crippen molar-refractivity contribution in [2.75, 3.05) is 52.4 Å². The molecule has 2 aliphatic heterocycles. The minimum Gasteiger partial charge on any atom is -0.353 e. The maximum absolute atomic E-state index is 12.1. The van der Waals surface area contributed by atoms with Crippen LogP contribution < -0.4 is 10.6 Å². The summed E-state index contributed by atoms with van der Waals surface area (Å²) in [6.45, 7) is 10.1. The topological polar surface area (TPSA) is 47.6 Å². The minimum atomic E-state index is 0.00320. The van der Waals surface area contributed by atoms with Gasteiger partial charge in [0.15, 0.2) is 0 Å². The number of amides is 1. The van der Waals surface area contributed by atoms with Gasteiger partial charge in [0.25, 0.3) is 0 Å². The number of piperidine rings is 1. The van der Waals surface area contributed by atoms with Crippen LogP contribution in [0.15, 0.2) is 0 Å². The number of nitrogens with one attached hydrogen (secondary N) is 2. The number of carbonyl (C=O) groups excluding carboxylic acids is 1. The highest BCUT2D eigenvalue weighted by molar-refractivity contribution is 5.81. The van der Waals surface area contributed by atoms with E-state index in [0.29, 0.717) is 0 Å². The van der Waals surface area contributed by atoms with Crippen molar-refractivity contribution < 1.29 is 4.79 Å². The lowest BCUT2D eigenvalue weighted by Crippen LogP contribution is -2.53. The van der Waals surface area contributed by atoms with Gasteiger partial charge in [-0.05, 0) is 32.9 Å². The molecule has 2 heterocycles. The summed E-state index contributed by atoms with van der Waals surface area (Å²) in [5, 5.41) is 6.40. The van der Waals surface area contributed by atoms with Gasteiger partial charge in [0.05, 0.1) is 6.04 Å². The largest absolute Gasteiger partial charge is 0.353 e. The summed E-state index contributed by atoms with van der Waals surface area (Å²) in [4.78, 5) is 16.8. The molecule has 0 saturated carbocycles. The van der Waals surface area contributed by atoms with E-state index >= 15 is 0 Å². The molecule has 2 aliphatic rings. The zero-order valence-electron chi connectivity index (χ0n) is 12.2. The molecule has 0 spiro atoms. The second-order valence-electron chi connectivity index (χ2n) is 5.66. The van der Waals surface area contributed by atoms with Gasteiger partial charge in [0.2, 0.25) is 5.91 Å². The maximum atomic E-state index is 12.1. The van der Waals surface area contributed by atoms with Gasteiger partial charge in [-0.2, -0.15) is 0 Å². The molecule has 2 saturated heterocycles. The quantitative estimate of drug-likeness (QED) is 0.730. The third-order valence-corrected chi connectivity index (χ3v) is 4.25. The van der Waals surface area contributed by atoms with E-state index in [-0.39, 0.29) is 11.9 Å². The average molecular weight is 268 g/mol. The third-order valence-electron chi connectivity index (χ3n) is 4.25. The fourth-order valence-corrected chi connectivity index (χ4v) is 2.90. The Bertz CT molecular complexity index is 273. The first-order valence-corrected chi connectivity index (χ1v) is 7.72. The molecule has 0 aromatic rings. The molecule has 0 aromatic carbocycles. The van der Waals surface area contributed by atoms with Gasteiger partial charge in [0, 0.05) is 39.3 Å². The van der Waals surface area contributed by atoms with Gasteiger partial charge in [-0.15, -0.1) is 0 Å². The van der Waals surface area contributed by atoms with E-state index in [0.717, 1.165) is 39.3 Å². The van der Waals surface area contributed by atoms with Crippen molar-refractivity contribution in [1.29, 1.82) is 0 Å². The molecule has 1 atom stereocenters. The van der Waals surface area contributed by atoms with Crippen molar-refractivity contribution in [3.05, 3.63) is 0 Å². The molecular formula is C14H28N4O. The van der Waals surface area contributed by atoms with Crippen molar-refractivity contribution in [2.24, 2.45) is 0 Å². The first-order chi connectivity index (χ1) is 9.27. The highest BCUT2D eigenvalue weighted by Crippen LogP contribution is 2.07. The van der Waals surface area contributed by atoms with E-state index in [9.17, 15) is 4.79 Å². The van der Waals surface area contributed by atoms with Crippen molar-refractivity contribution in [2.45, 2.75) is 32.2 Å². The summed E-state index contributed by atoms with van der Waals surface area (Å²) < 4.78 is 0. The fourth-order valence-electron chi connectivity index (χ4n) is 2.90. The van der Waals surface area contributed by atoms with Gasteiger partial charge in [0.1, 0.15) is 0 Å². The predicted molar refractivity (Wildman–Crippen MR) is 77.2 cm³/mol. The summed E-state index contributed by atoms with van der Waals surface area (Å²) >= 11 is 0. The van der Waals surface area contributed by atoms with Crippen molar-refractivity contribution in [3.63, 3.8) is 0 Å². The number of hydrogen-bond acceptors (Lipinski definition) is 4. The van der Waals surface area contributed by atoms with Gasteiger partial charge < -0.3 is 15.5 Å². The SMILES string of the molecule is CC(C(=O)NCCN1CCCCC1)N1CCNCC1. The monoisotopic (exact) mass is 268 g/mol. The Hall–Kier alpha value is -0.650. The van der Waals surface area contributed by atoms with Crippen LogP contribution in [0.4, 0.5) is 0 Å². The van der Waals surface area contributed by atoms with Gasteiger partial charge in [-0.3, -0.25) is 9.69 Å². The predicted octanol–water partition coefficient (Wildman–Crippen LogP) is -0.118. The van der Waals surface area contributed by atoms with Crippen LogP contribution in [0.1, 0.15) is 26.2 Å². The van der Waals surface area contributed by atoms with Crippen LogP contribution in [-0.4, -0.2) is 74.1 Å². The van der Waals surface area contributed by atoms with Gasteiger partial charge in [-0.25, -0.2) is 0 Å². The van der Waals surface area contributed by atoms with E-state index in [1.54, 1.807) is 0 Å². The molecule has 1 amide bonds. The fraction of sp³-hybridized carbons (Fsp3) is 0.929. The Labute approximate surface area is 116 Å². The lowest BCUT2D eigenvalue weighted by molar-refractivity contribution is -0.126. The van der Waals surface area contributed by atoms with Crippen LogP contribution in [0.3, 0.4) is 0 Å². The van der Waals surface area contributed by atoms with Crippen LogP contribution in [-0.2, 0) is 4.79 Å². The Morgan fingerprint density at radius 2 is 1.84 bits per heavy atom. The van der Waals surface area contributed by atoms with Crippen molar-refractivity contribution in [3.8, 4) is 0 Å². The summed E-state index contributed by atoms with van der Waals surface area (Å²) in [5.41, 5.74) is 0. The second-order valence-corrected chi connectivity index (χ2v) is 5.66. The highest BCUT2D eigenvalue weighted by atomic mass is 16.2. The van der Waals surface area contributed by atoms with Crippen LogP contribution in [0.5, 0.6) is 0 Å². The standard InChI is InChI=1S/C14H28N4O/c1-13(18-11-5-15-6-12-18)14(19)16-7-10-17-8-3-2-4-9-17/h13,15H,2-12H2,1H3,(H,16,19). The lowest BCUT2D eigenvalue weighted by Gasteiger charge is -2.32. The number of piperazine rings is 1. The van der Waals surface area contributed by atoms with E-state index in [1.807, 2.05) is 6.92 Å². The second kappa shape index (κ2) is 7.82. The summed E-state index contributed by atoms with van der Waals surface area (Å²) in [7, 11) is 0. The lowest BCUT2D eigenvalue weighted by atomic mass is 10.1. The molecule has 5 nitrogen and oxygen atoms in total. The number of rotatable bonds is 5. The smallest absolute Gasteiger partial charge is 0.237 e. The molecule has 19 heavy (non-hydrogen) atoms. The Morgan fingerprint density at radius 1 is 1.16 bits per heavy atom. The molecule has 0 aromatic heterocycles. The summed E-state index contributed by atoms with van der Waals surface area (Å²) in [5.74, 6) is 0.180. The summed E-state index contributed by atoms with van der Waals surface area (Å²) in [6, 6.07) is 0.00320.